The minimum atomic E-state index is -1.65. The Balaban J connectivity index is 2.22. The van der Waals surface area contributed by atoms with E-state index in [4.69, 9.17) is 9.57 Å². The number of pyridine rings is 1. The van der Waals surface area contributed by atoms with Crippen LogP contribution in [0.1, 0.15) is 161 Å². The molecule has 13 atom stereocenters. The molecule has 1 aliphatic heterocycles. The molecule has 29 nitrogen and oxygen atoms in total. The van der Waals surface area contributed by atoms with Crippen LogP contribution >= 0.6 is 0 Å². The first-order valence-corrected chi connectivity index (χ1v) is 35.8. The Hall–Kier alpha value is -8.34. The van der Waals surface area contributed by atoms with Gasteiger partial charge in [-0.15, -0.1) is 0 Å². The number of aromatic nitrogens is 3. The van der Waals surface area contributed by atoms with Crippen molar-refractivity contribution in [2.24, 2.45) is 40.7 Å². The van der Waals surface area contributed by atoms with Crippen molar-refractivity contribution < 1.29 is 67.4 Å². The van der Waals surface area contributed by atoms with E-state index in [-0.39, 0.29) is 63.1 Å². The minimum Gasteiger partial charge on any atom is -0.391 e. The Bertz CT molecular complexity index is 3140. The van der Waals surface area contributed by atoms with Crippen LogP contribution in [0.2, 0.25) is 0 Å². The van der Waals surface area contributed by atoms with E-state index >= 15 is 24.0 Å². The van der Waals surface area contributed by atoms with Crippen molar-refractivity contribution in [1.29, 1.82) is 0 Å². The number of hydrogen-bond donors (Lipinski definition) is 5. The molecule has 0 aromatic carbocycles. The fraction of sp³-hybridized carbons (Fsp3) is 0.699. The average molecular weight is 1430 g/mol. The number of rotatable bonds is 23. The number of nitrogens with zero attached hydrogens (tertiary/aromatic N) is 11. The quantitative estimate of drug-likeness (QED) is 0.0451. The number of nitrogens with one attached hydrogen (secondary N) is 4. The zero-order chi connectivity index (χ0) is 77.3. The lowest BCUT2D eigenvalue weighted by Gasteiger charge is -2.41. The Labute approximate surface area is 605 Å². The van der Waals surface area contributed by atoms with E-state index in [0.29, 0.717) is 18.7 Å². The molecule has 572 valence electrons. The molecule has 3 heterocycles. The average Bonchev–Trinajstić information content (AvgIpc) is 0.809. The highest BCUT2D eigenvalue weighted by Crippen LogP contribution is 2.26. The standard InChI is InChI=1S/C73H121N15O14/c1-24-26-30-48(13)63(90)62-67(94)79-53(25-2)69(96)81(17)41-58(89)85(21)61(51(16)101-36-28-27-34-76-102-42-52-31-32-57(74-40-52)88-35-29-33-75-88)66(93)80-59(46(9)10)72(99)82(18)54(37-43(3)4)65(92)77-49(14)64(91)78-50(15)68(95)83(19)55(38-44(5)6)70(97)84(20)56(39-45(7)8)71(98)86(22)60(47(11)12)73(100)87(62)23/h24,26,29,31-35,40,43-51,53-56,59-63,90H,25,27-28,30,36-39,41-42H2,1-23H3,(H,77,92)(H,78,91)(H,79,94)(H,80,93)/b26-24+,76-34+/t48-,49+,50-,51-,53+,54+,55+,56+,59+,60+,61+,62-,63-/m1/s1. The predicted molar refractivity (Wildman–Crippen MR) is 388 cm³/mol. The number of ether oxygens (including phenoxy) is 1. The molecule has 0 aliphatic carbocycles. The summed E-state index contributed by atoms with van der Waals surface area (Å²) in [5.41, 5.74) is 0.774. The third-order valence-electron chi connectivity index (χ3n) is 18.5. The minimum absolute atomic E-state index is 0.0257. The molecule has 0 saturated carbocycles. The second-order valence-electron chi connectivity index (χ2n) is 29.1. The number of aliphatic hydroxyl groups excluding tert-OH is 1. The summed E-state index contributed by atoms with van der Waals surface area (Å²) in [6, 6.07) is -7.67. The van der Waals surface area contributed by atoms with Gasteiger partial charge in [0.1, 0.15) is 67.0 Å². The molecular weight excluding hydrogens is 1310 g/mol. The van der Waals surface area contributed by atoms with Crippen LogP contribution < -0.4 is 21.3 Å². The number of allylic oxidation sites excluding steroid dienone is 2. The number of likely N-dealkylation sites (N-methyl/N-ethyl adjacent to an activating group) is 7. The fourth-order valence-electron chi connectivity index (χ4n) is 12.3. The van der Waals surface area contributed by atoms with Crippen molar-refractivity contribution in [3.05, 3.63) is 54.5 Å². The Morgan fingerprint density at radius 3 is 1.69 bits per heavy atom. The van der Waals surface area contributed by atoms with E-state index in [1.54, 1.807) is 109 Å². The Morgan fingerprint density at radius 1 is 0.608 bits per heavy atom. The zero-order valence-electron chi connectivity index (χ0n) is 64.8. The van der Waals surface area contributed by atoms with Gasteiger partial charge in [0, 0.05) is 86.3 Å². The summed E-state index contributed by atoms with van der Waals surface area (Å²) in [4.78, 5) is 181. The van der Waals surface area contributed by atoms with Crippen molar-refractivity contribution in [3.63, 3.8) is 0 Å². The normalized spacial score (nSPS) is 24.7. The molecule has 0 unspecified atom stereocenters. The summed E-state index contributed by atoms with van der Waals surface area (Å²) in [6.07, 6.45) is 9.03. The number of amides is 11. The summed E-state index contributed by atoms with van der Waals surface area (Å²) in [7, 11) is 9.76. The van der Waals surface area contributed by atoms with Gasteiger partial charge in [-0.2, -0.15) is 5.10 Å². The number of carbonyl (C=O) groups is 11. The highest BCUT2D eigenvalue weighted by atomic mass is 16.6. The smallest absolute Gasteiger partial charge is 0.246 e. The van der Waals surface area contributed by atoms with Crippen LogP contribution in [0.5, 0.6) is 0 Å². The van der Waals surface area contributed by atoms with Crippen LogP contribution in [0.15, 0.2) is 54.1 Å². The van der Waals surface area contributed by atoms with Crippen LogP contribution in [0.25, 0.3) is 5.82 Å². The molecule has 1 fully saturated rings. The second kappa shape index (κ2) is 41.7. The van der Waals surface area contributed by atoms with Gasteiger partial charge in [0.15, 0.2) is 5.82 Å². The lowest BCUT2D eigenvalue weighted by atomic mass is 9.91. The first-order valence-electron chi connectivity index (χ1n) is 35.8. The number of aliphatic hydroxyl groups is 1. The number of hydrogen-bond acceptors (Lipinski definition) is 17. The third kappa shape index (κ3) is 25.0. The van der Waals surface area contributed by atoms with Crippen LogP contribution in [0.4, 0.5) is 0 Å². The Kier molecular flexibility index (Phi) is 35.9. The van der Waals surface area contributed by atoms with Crippen LogP contribution in [-0.2, 0) is 68.9 Å². The molecule has 29 heteroatoms. The number of carbonyl (C=O) groups excluding carboxylic acids is 11. The molecule has 1 saturated heterocycles. The number of unbranched alkanes of at least 4 members (excludes halogenated alkanes) is 1. The van der Waals surface area contributed by atoms with E-state index in [0.717, 1.165) is 20.3 Å². The van der Waals surface area contributed by atoms with Gasteiger partial charge < -0.3 is 70.2 Å². The first-order chi connectivity index (χ1) is 47.7. The van der Waals surface area contributed by atoms with Crippen LogP contribution in [0.3, 0.4) is 0 Å². The molecule has 2 aromatic heterocycles. The van der Waals surface area contributed by atoms with E-state index in [1.165, 1.54) is 82.8 Å². The Morgan fingerprint density at radius 2 is 1.16 bits per heavy atom. The van der Waals surface area contributed by atoms with Gasteiger partial charge in [-0.25, -0.2) is 9.67 Å². The van der Waals surface area contributed by atoms with E-state index < -0.39 is 162 Å². The van der Waals surface area contributed by atoms with E-state index in [2.05, 4.69) is 36.5 Å². The third-order valence-corrected chi connectivity index (χ3v) is 18.5. The van der Waals surface area contributed by atoms with Crippen LogP contribution in [0, 0.1) is 35.5 Å². The van der Waals surface area contributed by atoms with Gasteiger partial charge >= 0.3 is 0 Å². The van der Waals surface area contributed by atoms with Gasteiger partial charge in [0.05, 0.1) is 18.8 Å². The molecule has 0 radical (unpaired) electrons. The summed E-state index contributed by atoms with van der Waals surface area (Å²) < 4.78 is 7.90. The molecule has 1 aliphatic rings. The number of oxime groups is 1. The molecule has 0 bridgehead atoms. The van der Waals surface area contributed by atoms with E-state index in [9.17, 15) is 33.9 Å². The largest absolute Gasteiger partial charge is 0.391 e. The molecule has 2 aromatic rings. The van der Waals surface area contributed by atoms with Crippen molar-refractivity contribution in [2.75, 3.05) is 62.5 Å². The maximum atomic E-state index is 15.3. The van der Waals surface area contributed by atoms with Gasteiger partial charge in [-0.1, -0.05) is 106 Å². The molecule has 102 heavy (non-hydrogen) atoms. The summed E-state index contributed by atoms with van der Waals surface area (Å²) in [5, 5.41) is 31.5. The maximum absolute atomic E-state index is 15.3. The topological polar surface area (TPSA) is 340 Å². The van der Waals surface area contributed by atoms with Gasteiger partial charge in [-0.05, 0) is 120 Å². The summed E-state index contributed by atoms with van der Waals surface area (Å²) in [6.45, 7) is 27.1. The fourth-order valence-corrected chi connectivity index (χ4v) is 12.3. The summed E-state index contributed by atoms with van der Waals surface area (Å²) >= 11 is 0. The van der Waals surface area contributed by atoms with Crippen LogP contribution in [-0.4, -0.2) is 260 Å². The van der Waals surface area contributed by atoms with Crippen molar-refractivity contribution >= 4 is 71.2 Å². The second-order valence-corrected chi connectivity index (χ2v) is 29.1. The maximum Gasteiger partial charge on any atom is 0.246 e. The highest BCUT2D eigenvalue weighted by Gasteiger charge is 2.46. The van der Waals surface area contributed by atoms with Gasteiger partial charge in [-0.3, -0.25) is 52.7 Å². The van der Waals surface area contributed by atoms with Crippen molar-refractivity contribution in [2.45, 2.75) is 235 Å². The molecule has 5 N–H and O–H groups in total. The molecule has 11 amide bonds. The first kappa shape index (κ1) is 87.9. The van der Waals surface area contributed by atoms with Crippen molar-refractivity contribution in [1.82, 2.24) is 70.3 Å². The molecule has 3 rings (SSSR count). The van der Waals surface area contributed by atoms with Crippen molar-refractivity contribution in [3.8, 4) is 5.82 Å². The lowest BCUT2D eigenvalue weighted by molar-refractivity contribution is -0.157. The highest BCUT2D eigenvalue weighted by molar-refractivity contribution is 5.99. The lowest BCUT2D eigenvalue weighted by Crippen LogP contribution is -2.63. The SMILES string of the molecule is C/C=C/C[C@@H](C)[C@@H](O)[C@@H]1C(=O)N[C@@H](CC)C(=O)N(C)CC(=O)N(C)[C@@H]([C@@H](C)OCCC/C=N/OCc2ccc(-n3cccn3)nc2)C(=O)N[C@@H](C(C)C)C(=O)N(C)[C@@H](CC(C)C)C(=O)N[C@@H](C)C(=O)N[C@H](C)C(=O)N(C)[C@@H](CC(C)C)C(=O)N(C)[C@@H](CC(C)C)C(=O)N(C)[C@@H](C(C)C)C(=O)N1C. The molecular formula is C73H121N15O14. The predicted octanol–water partition coefficient (Wildman–Crippen LogP) is 4.19. The summed E-state index contributed by atoms with van der Waals surface area (Å²) in [5.74, 6) is -9.75. The van der Waals surface area contributed by atoms with Gasteiger partial charge in [0.2, 0.25) is 65.0 Å². The van der Waals surface area contributed by atoms with Gasteiger partial charge in [0.25, 0.3) is 0 Å². The monoisotopic (exact) mass is 1430 g/mol. The molecule has 0 spiro atoms. The van der Waals surface area contributed by atoms with E-state index in [1.807, 2.05) is 47.6 Å². The zero-order valence-corrected chi connectivity index (χ0v) is 64.8.